The van der Waals surface area contributed by atoms with E-state index in [2.05, 4.69) is 5.32 Å². The number of carbonyl (C=O) groups is 1. The third kappa shape index (κ3) is 3.90. The van der Waals surface area contributed by atoms with Gasteiger partial charge in [-0.1, -0.05) is 0 Å². The van der Waals surface area contributed by atoms with Gasteiger partial charge in [-0.15, -0.1) is 0 Å². The van der Waals surface area contributed by atoms with E-state index >= 15 is 0 Å². The third-order valence-electron chi connectivity index (χ3n) is 3.74. The van der Waals surface area contributed by atoms with E-state index in [1.807, 2.05) is 6.07 Å². The van der Waals surface area contributed by atoms with Gasteiger partial charge in [0.1, 0.15) is 11.9 Å². The summed E-state index contributed by atoms with van der Waals surface area (Å²) >= 11 is 0. The smallest absolute Gasteiger partial charge is 0.243 e. The number of rotatable bonds is 5. The number of amides is 1. The molecule has 24 heavy (non-hydrogen) atoms. The van der Waals surface area contributed by atoms with Gasteiger partial charge in [-0.2, -0.15) is 9.57 Å². The van der Waals surface area contributed by atoms with Crippen molar-refractivity contribution in [3.05, 3.63) is 30.1 Å². The predicted octanol–water partition coefficient (Wildman–Crippen LogP) is 0.368. The van der Waals surface area contributed by atoms with Crippen LogP contribution in [0.2, 0.25) is 0 Å². The molecule has 0 radical (unpaired) electrons. The van der Waals surface area contributed by atoms with E-state index in [0.29, 0.717) is 0 Å². The van der Waals surface area contributed by atoms with Crippen LogP contribution in [-0.4, -0.2) is 48.5 Å². The van der Waals surface area contributed by atoms with Gasteiger partial charge in [-0.05, 0) is 31.2 Å². The Morgan fingerprint density at radius 2 is 2.12 bits per heavy atom. The van der Waals surface area contributed by atoms with Gasteiger partial charge < -0.3 is 10.4 Å². The molecule has 1 unspecified atom stereocenters. The summed E-state index contributed by atoms with van der Waals surface area (Å²) in [5.74, 6) is -1.14. The maximum absolute atomic E-state index is 13.0. The van der Waals surface area contributed by atoms with Gasteiger partial charge in [-0.25, -0.2) is 12.8 Å². The van der Waals surface area contributed by atoms with E-state index < -0.39 is 39.9 Å². The fraction of sp³-hybridized carbons (Fsp3) is 0.467. The maximum atomic E-state index is 13.0. The first kappa shape index (κ1) is 18.3. The summed E-state index contributed by atoms with van der Waals surface area (Å²) in [4.78, 5) is 12.2. The van der Waals surface area contributed by atoms with Crippen LogP contribution >= 0.6 is 0 Å². The molecule has 130 valence electrons. The van der Waals surface area contributed by atoms with Crippen LogP contribution < -0.4 is 5.32 Å². The molecule has 1 heterocycles. The average molecular weight is 355 g/mol. The number of nitrogens with zero attached hydrogens (tertiary/aromatic N) is 2. The summed E-state index contributed by atoms with van der Waals surface area (Å²) in [6.45, 7) is 1.41. The molecular formula is C15H18FN3O4S. The van der Waals surface area contributed by atoms with E-state index in [1.165, 1.54) is 0 Å². The van der Waals surface area contributed by atoms with Crippen LogP contribution in [0.15, 0.2) is 29.2 Å². The molecule has 1 saturated heterocycles. The topological polar surface area (TPSA) is 110 Å². The van der Waals surface area contributed by atoms with Crippen molar-refractivity contribution in [3.8, 4) is 6.07 Å². The number of β-amino-alcohol motifs (C(OH)–C–C–N with tert-alkyl or cyclic N) is 1. The number of halogens is 1. The number of benzene rings is 1. The zero-order chi connectivity index (χ0) is 17.9. The molecule has 1 aromatic carbocycles. The summed E-state index contributed by atoms with van der Waals surface area (Å²) in [5.41, 5.74) is 0. The van der Waals surface area contributed by atoms with Crippen molar-refractivity contribution in [2.45, 2.75) is 42.8 Å². The highest BCUT2D eigenvalue weighted by Gasteiger charge is 2.43. The molecule has 1 amide bonds. The Kier molecular flexibility index (Phi) is 5.54. The van der Waals surface area contributed by atoms with Crippen LogP contribution in [0.4, 0.5) is 4.39 Å². The SMILES string of the molecule is CC(CC#N)NC(=O)[C@@H]1C[C@@H](O)CN1S(=O)(=O)c1ccc(F)cc1. The molecule has 2 N–H and O–H groups in total. The minimum atomic E-state index is -4.05. The van der Waals surface area contributed by atoms with Crippen LogP contribution in [0.25, 0.3) is 0 Å². The fourth-order valence-corrected chi connectivity index (χ4v) is 4.19. The normalized spacial score (nSPS) is 22.8. The zero-order valence-electron chi connectivity index (χ0n) is 13.0. The minimum absolute atomic E-state index is 0.0362. The van der Waals surface area contributed by atoms with E-state index in [1.54, 1.807) is 6.92 Å². The molecule has 1 aromatic rings. The Morgan fingerprint density at radius 1 is 1.50 bits per heavy atom. The van der Waals surface area contributed by atoms with E-state index in [4.69, 9.17) is 5.26 Å². The Morgan fingerprint density at radius 3 is 2.71 bits per heavy atom. The first-order valence-corrected chi connectivity index (χ1v) is 8.82. The van der Waals surface area contributed by atoms with E-state index in [9.17, 15) is 22.7 Å². The molecule has 7 nitrogen and oxygen atoms in total. The van der Waals surface area contributed by atoms with Gasteiger partial charge in [0.25, 0.3) is 0 Å². The van der Waals surface area contributed by atoms with Crippen molar-refractivity contribution in [3.63, 3.8) is 0 Å². The third-order valence-corrected chi connectivity index (χ3v) is 5.63. The predicted molar refractivity (Wildman–Crippen MR) is 82.5 cm³/mol. The fourth-order valence-electron chi connectivity index (χ4n) is 2.56. The number of aliphatic hydroxyl groups excluding tert-OH is 1. The largest absolute Gasteiger partial charge is 0.392 e. The highest BCUT2D eigenvalue weighted by atomic mass is 32.2. The summed E-state index contributed by atoms with van der Waals surface area (Å²) < 4.78 is 39.3. The molecule has 3 atom stereocenters. The molecule has 0 spiro atoms. The lowest BCUT2D eigenvalue weighted by Crippen LogP contribution is -2.48. The molecule has 1 aliphatic rings. The molecule has 0 bridgehead atoms. The van der Waals surface area contributed by atoms with Crippen molar-refractivity contribution in [2.75, 3.05) is 6.54 Å². The first-order valence-electron chi connectivity index (χ1n) is 7.38. The van der Waals surface area contributed by atoms with Crippen molar-refractivity contribution < 1.29 is 22.7 Å². The number of nitrogens with one attached hydrogen (secondary N) is 1. The second-order valence-electron chi connectivity index (χ2n) is 5.71. The molecule has 0 saturated carbocycles. The summed E-state index contributed by atoms with van der Waals surface area (Å²) in [7, 11) is -4.05. The summed E-state index contributed by atoms with van der Waals surface area (Å²) in [6.07, 6.45) is -0.917. The Hall–Kier alpha value is -2.02. The van der Waals surface area contributed by atoms with Gasteiger partial charge in [0.2, 0.25) is 15.9 Å². The average Bonchev–Trinajstić information content (AvgIpc) is 2.91. The van der Waals surface area contributed by atoms with Crippen LogP contribution in [0.1, 0.15) is 19.8 Å². The van der Waals surface area contributed by atoms with Crippen molar-refractivity contribution in [2.24, 2.45) is 0 Å². The quantitative estimate of drug-likeness (QED) is 0.793. The number of hydrogen-bond acceptors (Lipinski definition) is 5. The zero-order valence-corrected chi connectivity index (χ0v) is 13.8. The molecule has 2 rings (SSSR count). The standard InChI is InChI=1S/C15H18FN3O4S/c1-10(6-7-17)18-15(21)14-8-12(20)9-19(14)24(22,23)13-4-2-11(16)3-5-13/h2-5,10,12,14,20H,6,8-9H2,1H3,(H,18,21)/t10?,12-,14+/m1/s1. The molecule has 0 aromatic heterocycles. The lowest BCUT2D eigenvalue weighted by Gasteiger charge is -2.24. The molecular weight excluding hydrogens is 337 g/mol. The number of sulfonamides is 1. The van der Waals surface area contributed by atoms with E-state index in [0.717, 1.165) is 28.6 Å². The number of nitriles is 1. The lowest BCUT2D eigenvalue weighted by atomic mass is 10.1. The second-order valence-corrected chi connectivity index (χ2v) is 7.60. The van der Waals surface area contributed by atoms with Gasteiger partial charge in [0, 0.05) is 19.0 Å². The number of carbonyl (C=O) groups excluding carboxylic acids is 1. The van der Waals surface area contributed by atoms with Crippen molar-refractivity contribution >= 4 is 15.9 Å². The minimum Gasteiger partial charge on any atom is -0.392 e. The van der Waals surface area contributed by atoms with Gasteiger partial charge in [0.05, 0.1) is 23.5 Å². The maximum Gasteiger partial charge on any atom is 0.243 e. The van der Waals surface area contributed by atoms with Crippen LogP contribution in [-0.2, 0) is 14.8 Å². The molecule has 9 heteroatoms. The molecule has 1 fully saturated rings. The van der Waals surface area contributed by atoms with Crippen LogP contribution in [0, 0.1) is 17.1 Å². The number of hydrogen-bond donors (Lipinski definition) is 2. The second kappa shape index (κ2) is 7.25. The molecule has 1 aliphatic heterocycles. The highest BCUT2D eigenvalue weighted by molar-refractivity contribution is 7.89. The summed E-state index contributed by atoms with van der Waals surface area (Å²) in [6, 6.07) is 4.67. The van der Waals surface area contributed by atoms with Crippen LogP contribution in [0.3, 0.4) is 0 Å². The molecule has 0 aliphatic carbocycles. The number of aliphatic hydroxyl groups is 1. The lowest BCUT2D eigenvalue weighted by molar-refractivity contribution is -0.124. The monoisotopic (exact) mass is 355 g/mol. The summed E-state index contributed by atoms with van der Waals surface area (Å²) in [5, 5.41) is 21.0. The van der Waals surface area contributed by atoms with Gasteiger partial charge in [0.15, 0.2) is 0 Å². The first-order chi connectivity index (χ1) is 11.3. The van der Waals surface area contributed by atoms with Crippen molar-refractivity contribution in [1.29, 1.82) is 5.26 Å². The van der Waals surface area contributed by atoms with E-state index in [-0.39, 0.29) is 24.3 Å². The Labute approximate surface area is 139 Å². The van der Waals surface area contributed by atoms with Gasteiger partial charge in [-0.3, -0.25) is 4.79 Å². The van der Waals surface area contributed by atoms with Gasteiger partial charge >= 0.3 is 0 Å². The van der Waals surface area contributed by atoms with Crippen LogP contribution in [0.5, 0.6) is 0 Å². The Bertz CT molecular complexity index is 745. The van der Waals surface area contributed by atoms with Crippen molar-refractivity contribution in [1.82, 2.24) is 9.62 Å². The highest BCUT2D eigenvalue weighted by Crippen LogP contribution is 2.26. The Balaban J connectivity index is 2.25.